The Hall–Kier alpha value is -1.92. The molecule has 4 N–H and O–H groups in total. The number of benzene rings is 2. The Kier molecular flexibility index (Phi) is 9.20. The van der Waals surface area contributed by atoms with Gasteiger partial charge in [0.15, 0.2) is 0 Å². The molecule has 2 heterocycles. The van der Waals surface area contributed by atoms with E-state index in [1.54, 1.807) is 0 Å². The Morgan fingerprint density at radius 1 is 0.827 bits per heavy atom. The van der Waals surface area contributed by atoms with Gasteiger partial charge in [0.25, 0.3) is 0 Å². The van der Waals surface area contributed by atoms with Gasteiger partial charge >= 0.3 is 0 Å². The highest BCUT2D eigenvalue weighted by Crippen LogP contribution is 2.71. The van der Waals surface area contributed by atoms with Crippen molar-refractivity contribution in [2.75, 3.05) is 25.5 Å². The number of rotatable bonds is 6. The monoisotopic (exact) mass is 709 g/mol. The molecule has 52 heavy (non-hydrogen) atoms. The number of piperidine rings is 2. The van der Waals surface area contributed by atoms with E-state index < -0.39 is 5.60 Å². The van der Waals surface area contributed by atoms with Gasteiger partial charge in [-0.05, 0) is 184 Å². The summed E-state index contributed by atoms with van der Waals surface area (Å²) in [7, 11) is 2.01. The van der Waals surface area contributed by atoms with Gasteiger partial charge in [0.1, 0.15) is 0 Å². The molecule has 7 fully saturated rings. The molecule has 9 rings (SSSR count). The molecule has 2 aromatic rings. The van der Waals surface area contributed by atoms with E-state index in [1.165, 1.54) is 49.0 Å². The summed E-state index contributed by atoms with van der Waals surface area (Å²) < 4.78 is 0. The maximum atomic E-state index is 12.2. The lowest BCUT2D eigenvalue weighted by Gasteiger charge is -2.60. The van der Waals surface area contributed by atoms with Crippen LogP contribution in [0, 0.1) is 64.1 Å². The van der Waals surface area contributed by atoms with Crippen molar-refractivity contribution in [2.45, 2.75) is 134 Å². The third kappa shape index (κ3) is 5.84. The fourth-order valence-corrected chi connectivity index (χ4v) is 15.5. The van der Waals surface area contributed by atoms with Crippen LogP contribution in [0.15, 0.2) is 54.6 Å². The molecular formula is C47H68N2O3. The average molecular weight is 709 g/mol. The Labute approximate surface area is 314 Å². The highest BCUT2D eigenvalue weighted by atomic mass is 16.3. The largest absolute Gasteiger partial charge is 0.393 e. The Morgan fingerprint density at radius 3 is 2.46 bits per heavy atom. The summed E-state index contributed by atoms with van der Waals surface area (Å²) in [5.41, 5.74) is 3.43. The summed E-state index contributed by atoms with van der Waals surface area (Å²) in [6.45, 7) is 9.49. The number of nitrogens with zero attached hydrogens (tertiary/aromatic N) is 1. The summed E-state index contributed by atoms with van der Waals surface area (Å²) >= 11 is 0. The molecule has 2 saturated heterocycles. The minimum absolute atomic E-state index is 0.0381. The normalized spacial score (nSPS) is 47.5. The first-order valence-corrected chi connectivity index (χ1v) is 21.6. The van der Waals surface area contributed by atoms with Gasteiger partial charge in [-0.3, -0.25) is 4.90 Å². The van der Waals surface area contributed by atoms with Crippen molar-refractivity contribution in [1.29, 1.82) is 0 Å². The van der Waals surface area contributed by atoms with Crippen LogP contribution in [0.2, 0.25) is 0 Å². The molecule has 0 amide bonds. The Balaban J connectivity index is 0.961. The first-order chi connectivity index (χ1) is 25.0. The van der Waals surface area contributed by atoms with Crippen molar-refractivity contribution in [3.8, 4) is 0 Å². The lowest BCUT2D eigenvalue weighted by atomic mass is 9.46. The smallest absolute Gasteiger partial charge is 0.0805 e. The van der Waals surface area contributed by atoms with E-state index in [2.05, 4.69) is 85.6 Å². The van der Waals surface area contributed by atoms with Crippen LogP contribution in [-0.2, 0) is 6.42 Å². The fourth-order valence-electron chi connectivity index (χ4n) is 15.5. The molecule has 7 aliphatic rings. The second kappa shape index (κ2) is 13.4. The van der Waals surface area contributed by atoms with E-state index in [9.17, 15) is 15.3 Å². The first-order valence-electron chi connectivity index (χ1n) is 21.6. The minimum atomic E-state index is -0.599. The van der Waals surface area contributed by atoms with Crippen LogP contribution in [0.25, 0.3) is 0 Å². The van der Waals surface area contributed by atoms with Gasteiger partial charge in [-0.2, -0.15) is 0 Å². The third-order valence-electron chi connectivity index (χ3n) is 17.7. The molecule has 16 atom stereocenters. The predicted molar refractivity (Wildman–Crippen MR) is 210 cm³/mol. The molecule has 0 bridgehead atoms. The van der Waals surface area contributed by atoms with E-state index in [-0.39, 0.29) is 29.0 Å². The summed E-state index contributed by atoms with van der Waals surface area (Å²) in [6.07, 6.45) is 13.9. The van der Waals surface area contributed by atoms with Crippen LogP contribution in [-0.4, -0.2) is 64.2 Å². The van der Waals surface area contributed by atoms with Gasteiger partial charge < -0.3 is 20.6 Å². The van der Waals surface area contributed by atoms with Gasteiger partial charge in [-0.25, -0.2) is 0 Å². The minimum Gasteiger partial charge on any atom is -0.393 e. The zero-order valence-electron chi connectivity index (χ0n) is 32.6. The lowest BCUT2D eigenvalue weighted by molar-refractivity contribution is -0.180. The maximum Gasteiger partial charge on any atom is 0.0805 e. The molecule has 2 aliphatic heterocycles. The summed E-state index contributed by atoms with van der Waals surface area (Å²) in [5.74, 6) is 5.49. The standard InChI is InChI=1S/C47H68N2O3/c1-29-13-16-43-46(3,52)39-15-14-35-36(38(39)27-49(43)26-29)22-40-37(35)23-42(50)41-24-44(51)47(28-45(40,41)2)18-17-31(25-47)20-33(19-30-9-6-5-7-10-30)32-11-8-12-34(21-32)48-4/h5-12,21,29,31,33,35-44,48,50-52H,13-20,22-28H2,1-4H3/t29-,31+,33+,35+,36+,37+,38+,39-,40-,41+,42+,43-,44-,45-,46+,47-/m1/s1. The second-order valence-electron chi connectivity index (χ2n) is 20.4. The van der Waals surface area contributed by atoms with Gasteiger partial charge in [0.2, 0.25) is 0 Å². The maximum absolute atomic E-state index is 12.2. The Bertz CT molecular complexity index is 1580. The molecule has 5 heteroatoms. The van der Waals surface area contributed by atoms with E-state index in [1.807, 2.05) is 7.05 Å². The quantitative estimate of drug-likeness (QED) is 0.242. The van der Waals surface area contributed by atoms with Crippen molar-refractivity contribution >= 4 is 5.69 Å². The number of nitrogens with one attached hydrogen (secondary N) is 1. The number of anilines is 1. The van der Waals surface area contributed by atoms with Crippen LogP contribution in [0.4, 0.5) is 5.69 Å². The van der Waals surface area contributed by atoms with Crippen molar-refractivity contribution in [3.63, 3.8) is 0 Å². The second-order valence-corrected chi connectivity index (χ2v) is 20.4. The van der Waals surface area contributed by atoms with E-state index >= 15 is 0 Å². The average Bonchev–Trinajstić information content (AvgIpc) is 3.72. The van der Waals surface area contributed by atoms with E-state index in [0.29, 0.717) is 53.4 Å². The van der Waals surface area contributed by atoms with Gasteiger partial charge in [-0.1, -0.05) is 56.3 Å². The molecular weight excluding hydrogens is 641 g/mol. The number of fused-ring (bicyclic) bond motifs is 8. The zero-order chi connectivity index (χ0) is 36.0. The van der Waals surface area contributed by atoms with Crippen LogP contribution in [0.1, 0.15) is 115 Å². The summed E-state index contributed by atoms with van der Waals surface area (Å²) in [5, 5.41) is 39.7. The number of hydrogen-bond acceptors (Lipinski definition) is 5. The summed E-state index contributed by atoms with van der Waals surface area (Å²) in [6, 6.07) is 20.4. The molecule has 5 aliphatic carbocycles. The third-order valence-corrected chi connectivity index (χ3v) is 17.7. The summed E-state index contributed by atoms with van der Waals surface area (Å²) in [4.78, 5) is 2.71. The van der Waals surface area contributed by atoms with E-state index in [0.717, 1.165) is 70.3 Å². The SMILES string of the molecule is CNc1cccc([C@@H](Cc2ccccc2)C[C@@H]2CC[C@@]3(C2)C[C@]2(C)[C@@H]4C[C@H]5[C@H](CC[C@@H]6[C@H]5CN5C[C@H](C)CC[C@@H]5[C@@]6(C)O)[C@@H]4C[C@H](O)[C@@H]2C[C@H]3O)c1. The molecule has 0 unspecified atom stereocenters. The van der Waals surface area contributed by atoms with Crippen LogP contribution < -0.4 is 5.32 Å². The Morgan fingerprint density at radius 2 is 1.65 bits per heavy atom. The molecule has 0 radical (unpaired) electrons. The zero-order valence-corrected chi connectivity index (χ0v) is 32.6. The van der Waals surface area contributed by atoms with Gasteiger partial charge in [0, 0.05) is 31.9 Å². The van der Waals surface area contributed by atoms with Crippen LogP contribution in [0.5, 0.6) is 0 Å². The molecule has 2 aromatic carbocycles. The number of aliphatic hydroxyl groups excluding tert-OH is 2. The molecule has 284 valence electrons. The predicted octanol–water partition coefficient (Wildman–Crippen LogP) is 8.53. The van der Waals surface area contributed by atoms with Crippen LogP contribution >= 0.6 is 0 Å². The molecule has 1 spiro atoms. The van der Waals surface area contributed by atoms with Crippen LogP contribution in [0.3, 0.4) is 0 Å². The van der Waals surface area contributed by atoms with E-state index in [4.69, 9.17) is 0 Å². The number of aliphatic hydroxyl groups is 3. The van der Waals surface area contributed by atoms with Gasteiger partial charge in [-0.15, -0.1) is 0 Å². The van der Waals surface area contributed by atoms with Crippen molar-refractivity contribution in [2.24, 2.45) is 64.1 Å². The first kappa shape index (κ1) is 35.8. The molecule has 0 aromatic heterocycles. The van der Waals surface area contributed by atoms with Crippen molar-refractivity contribution in [1.82, 2.24) is 4.90 Å². The molecule has 5 nitrogen and oxygen atoms in total. The highest BCUT2D eigenvalue weighted by molar-refractivity contribution is 5.46. The topological polar surface area (TPSA) is 76.0 Å². The van der Waals surface area contributed by atoms with Crippen molar-refractivity contribution in [3.05, 3.63) is 65.7 Å². The molecule has 5 saturated carbocycles. The fraction of sp³-hybridized carbons (Fsp3) is 0.745. The highest BCUT2D eigenvalue weighted by Gasteiger charge is 2.67. The number of hydrogen-bond donors (Lipinski definition) is 4. The lowest BCUT2D eigenvalue weighted by Crippen LogP contribution is -2.67. The van der Waals surface area contributed by atoms with Gasteiger partial charge in [0.05, 0.1) is 17.8 Å². The van der Waals surface area contributed by atoms with Crippen molar-refractivity contribution < 1.29 is 15.3 Å².